The number of sulfonamides is 1. The minimum Gasteiger partial charge on any atom is -0.480 e. The summed E-state index contributed by atoms with van der Waals surface area (Å²) in [4.78, 5) is 24.2. The van der Waals surface area contributed by atoms with Gasteiger partial charge < -0.3 is 5.11 Å². The van der Waals surface area contributed by atoms with Crippen LogP contribution in [0.2, 0.25) is 0 Å². The molecule has 1 aromatic rings. The first-order valence-electron chi connectivity index (χ1n) is 6.30. The Bertz CT molecular complexity index is 668. The Labute approximate surface area is 122 Å². The van der Waals surface area contributed by atoms with Gasteiger partial charge in [-0.15, -0.1) is 0 Å². The van der Waals surface area contributed by atoms with Gasteiger partial charge in [-0.05, 0) is 30.7 Å². The second-order valence-electron chi connectivity index (χ2n) is 4.90. The molecule has 0 bridgehead atoms. The van der Waals surface area contributed by atoms with Crippen molar-refractivity contribution in [2.24, 2.45) is 0 Å². The van der Waals surface area contributed by atoms with E-state index in [0.29, 0.717) is 11.4 Å². The maximum Gasteiger partial charge on any atom is 0.326 e. The van der Waals surface area contributed by atoms with Crippen LogP contribution in [0.3, 0.4) is 0 Å². The van der Waals surface area contributed by atoms with Crippen molar-refractivity contribution >= 4 is 33.3 Å². The van der Waals surface area contributed by atoms with Crippen LogP contribution >= 0.6 is 0 Å². The second-order valence-corrected chi connectivity index (χ2v) is 6.92. The van der Waals surface area contributed by atoms with E-state index in [4.69, 9.17) is 5.11 Å². The molecule has 0 aromatic heterocycles. The molecule has 7 nitrogen and oxygen atoms in total. The Morgan fingerprint density at radius 1 is 1.33 bits per heavy atom. The van der Waals surface area contributed by atoms with E-state index >= 15 is 0 Å². The molecule has 0 aliphatic carbocycles. The number of benzene rings is 1. The number of carboxylic acids is 1. The third kappa shape index (κ3) is 2.99. The van der Waals surface area contributed by atoms with Crippen LogP contribution in [0.5, 0.6) is 0 Å². The average Bonchev–Trinajstić information content (AvgIpc) is 2.79. The Morgan fingerprint density at radius 2 is 1.90 bits per heavy atom. The molecular weight excluding hydrogens is 296 g/mol. The summed E-state index contributed by atoms with van der Waals surface area (Å²) >= 11 is 0. The van der Waals surface area contributed by atoms with E-state index in [-0.39, 0.29) is 18.7 Å². The summed E-state index contributed by atoms with van der Waals surface area (Å²) in [6.45, 7) is 0. The van der Waals surface area contributed by atoms with Gasteiger partial charge in [0, 0.05) is 19.2 Å². The Morgan fingerprint density at radius 3 is 2.38 bits per heavy atom. The van der Waals surface area contributed by atoms with Crippen molar-refractivity contribution in [1.29, 1.82) is 0 Å². The first-order valence-corrected chi connectivity index (χ1v) is 8.15. The largest absolute Gasteiger partial charge is 0.480 e. The zero-order chi connectivity index (χ0) is 15.8. The van der Waals surface area contributed by atoms with E-state index in [1.165, 1.54) is 11.9 Å². The number of aliphatic carboxylic acids is 1. The molecule has 1 aromatic carbocycles. The number of hydrogen-bond acceptors (Lipinski definition) is 4. The molecule has 0 spiro atoms. The third-order valence-electron chi connectivity index (χ3n) is 3.49. The highest BCUT2D eigenvalue weighted by Crippen LogP contribution is 2.28. The van der Waals surface area contributed by atoms with Crippen molar-refractivity contribution in [2.45, 2.75) is 18.9 Å². The van der Waals surface area contributed by atoms with Gasteiger partial charge in [0.2, 0.25) is 15.9 Å². The average molecular weight is 312 g/mol. The number of rotatable bonds is 4. The molecule has 1 amide bonds. The van der Waals surface area contributed by atoms with Gasteiger partial charge in [0.05, 0.1) is 11.9 Å². The Kier molecular flexibility index (Phi) is 3.91. The standard InChI is InChI=1S/C13H16N2O5S/c1-14(21(2,19)20)9-3-5-10(6-4-9)15-11(13(17)18)7-8-12(15)16/h3-6,11H,7-8H2,1-2H3,(H,17,18). The van der Waals surface area contributed by atoms with Crippen LogP contribution in [0.4, 0.5) is 11.4 Å². The zero-order valence-electron chi connectivity index (χ0n) is 11.7. The molecule has 1 unspecified atom stereocenters. The smallest absolute Gasteiger partial charge is 0.326 e. The van der Waals surface area contributed by atoms with Crippen LogP contribution in [0.15, 0.2) is 24.3 Å². The highest BCUT2D eigenvalue weighted by Gasteiger charge is 2.37. The van der Waals surface area contributed by atoms with Crippen LogP contribution < -0.4 is 9.21 Å². The van der Waals surface area contributed by atoms with Gasteiger partial charge in [0.1, 0.15) is 6.04 Å². The highest BCUT2D eigenvalue weighted by atomic mass is 32.2. The number of nitrogens with zero attached hydrogens (tertiary/aromatic N) is 2. The normalized spacial score (nSPS) is 18.9. The first kappa shape index (κ1) is 15.3. The van der Waals surface area contributed by atoms with Crippen LogP contribution in [0.25, 0.3) is 0 Å². The van der Waals surface area contributed by atoms with Gasteiger partial charge in [0.25, 0.3) is 0 Å². The first-order chi connectivity index (χ1) is 9.71. The van der Waals surface area contributed by atoms with Crippen LogP contribution in [-0.4, -0.2) is 44.7 Å². The van der Waals surface area contributed by atoms with E-state index in [1.807, 2.05) is 0 Å². The van der Waals surface area contributed by atoms with E-state index in [2.05, 4.69) is 0 Å². The lowest BCUT2D eigenvalue weighted by molar-refractivity contribution is -0.138. The topological polar surface area (TPSA) is 95.0 Å². The molecular formula is C13H16N2O5S. The summed E-state index contributed by atoms with van der Waals surface area (Å²) in [7, 11) is -1.94. The lowest BCUT2D eigenvalue weighted by Crippen LogP contribution is -2.38. The summed E-state index contributed by atoms with van der Waals surface area (Å²) in [6.07, 6.45) is 1.56. The minimum absolute atomic E-state index is 0.196. The molecule has 1 atom stereocenters. The third-order valence-corrected chi connectivity index (χ3v) is 4.69. The van der Waals surface area contributed by atoms with Gasteiger partial charge in [-0.25, -0.2) is 13.2 Å². The number of carbonyl (C=O) groups is 2. The highest BCUT2D eigenvalue weighted by molar-refractivity contribution is 7.92. The van der Waals surface area contributed by atoms with Crippen LogP contribution in [-0.2, 0) is 19.6 Å². The van der Waals surface area contributed by atoms with Gasteiger partial charge in [-0.3, -0.25) is 14.0 Å². The molecule has 114 valence electrons. The number of carbonyl (C=O) groups excluding carboxylic acids is 1. The van der Waals surface area contributed by atoms with E-state index in [9.17, 15) is 18.0 Å². The minimum atomic E-state index is -3.36. The molecule has 1 saturated heterocycles. The molecule has 0 radical (unpaired) electrons. The zero-order valence-corrected chi connectivity index (χ0v) is 12.5. The summed E-state index contributed by atoms with van der Waals surface area (Å²) in [5, 5.41) is 9.13. The molecule has 1 N–H and O–H groups in total. The maximum absolute atomic E-state index is 11.8. The number of amides is 1. The molecule has 1 heterocycles. The van der Waals surface area contributed by atoms with E-state index in [0.717, 1.165) is 10.6 Å². The lowest BCUT2D eigenvalue weighted by Gasteiger charge is -2.23. The fraction of sp³-hybridized carbons (Fsp3) is 0.385. The molecule has 1 aliphatic heterocycles. The SMILES string of the molecule is CN(c1ccc(N2C(=O)CCC2C(=O)O)cc1)S(C)(=O)=O. The van der Waals surface area contributed by atoms with Crippen molar-refractivity contribution in [3.63, 3.8) is 0 Å². The molecule has 1 aliphatic rings. The lowest BCUT2D eigenvalue weighted by atomic mass is 10.2. The number of hydrogen-bond donors (Lipinski definition) is 1. The molecule has 21 heavy (non-hydrogen) atoms. The van der Waals surface area contributed by atoms with Gasteiger partial charge in [0.15, 0.2) is 0 Å². The monoisotopic (exact) mass is 312 g/mol. The molecule has 0 saturated carbocycles. The van der Waals surface area contributed by atoms with E-state index < -0.39 is 22.0 Å². The Hall–Kier alpha value is -2.09. The number of carboxylic acid groups (broad SMARTS) is 1. The quantitative estimate of drug-likeness (QED) is 0.881. The predicted molar refractivity (Wildman–Crippen MR) is 77.8 cm³/mol. The number of anilines is 2. The van der Waals surface area contributed by atoms with Crippen LogP contribution in [0, 0.1) is 0 Å². The van der Waals surface area contributed by atoms with Crippen molar-refractivity contribution in [2.75, 3.05) is 22.5 Å². The van der Waals surface area contributed by atoms with Crippen molar-refractivity contribution in [3.05, 3.63) is 24.3 Å². The van der Waals surface area contributed by atoms with Gasteiger partial charge >= 0.3 is 5.97 Å². The van der Waals surface area contributed by atoms with Gasteiger partial charge in [-0.1, -0.05) is 0 Å². The fourth-order valence-electron chi connectivity index (χ4n) is 2.26. The Balaban J connectivity index is 2.30. The van der Waals surface area contributed by atoms with E-state index in [1.54, 1.807) is 24.3 Å². The maximum atomic E-state index is 11.8. The van der Waals surface area contributed by atoms with Crippen molar-refractivity contribution < 1.29 is 23.1 Å². The second kappa shape index (κ2) is 5.36. The summed E-state index contributed by atoms with van der Waals surface area (Å²) in [5.41, 5.74) is 0.898. The van der Waals surface area contributed by atoms with Crippen molar-refractivity contribution in [3.8, 4) is 0 Å². The summed E-state index contributed by atoms with van der Waals surface area (Å²) < 4.78 is 24.0. The predicted octanol–water partition coefficient (Wildman–Crippen LogP) is 0.662. The van der Waals surface area contributed by atoms with Crippen LogP contribution in [0.1, 0.15) is 12.8 Å². The molecule has 2 rings (SSSR count). The summed E-state index contributed by atoms with van der Waals surface area (Å²) in [5.74, 6) is -1.29. The summed E-state index contributed by atoms with van der Waals surface area (Å²) in [6, 6.07) is 5.32. The fourth-order valence-corrected chi connectivity index (χ4v) is 2.76. The van der Waals surface area contributed by atoms with Gasteiger partial charge in [-0.2, -0.15) is 0 Å². The molecule has 8 heteroatoms. The molecule has 1 fully saturated rings. The van der Waals surface area contributed by atoms with Crippen molar-refractivity contribution in [1.82, 2.24) is 0 Å².